The van der Waals surface area contributed by atoms with Gasteiger partial charge in [-0.05, 0) is 49.9 Å². The lowest BCUT2D eigenvalue weighted by Crippen LogP contribution is -2.39. The molecule has 1 atom stereocenters. The Bertz CT molecular complexity index is 400. The van der Waals surface area contributed by atoms with Gasteiger partial charge in [0, 0.05) is 6.54 Å². The van der Waals surface area contributed by atoms with Crippen LogP contribution in [0.5, 0.6) is 0 Å². The average Bonchev–Trinajstić information content (AvgIpc) is 2.67. The van der Waals surface area contributed by atoms with Gasteiger partial charge in [-0.3, -0.25) is 0 Å². The quantitative estimate of drug-likeness (QED) is 0.901. The highest BCUT2D eigenvalue weighted by Crippen LogP contribution is 2.25. The predicted molar refractivity (Wildman–Crippen MR) is 85.0 cm³/mol. The van der Waals surface area contributed by atoms with Gasteiger partial charge in [-0.1, -0.05) is 51.0 Å². The highest BCUT2D eigenvalue weighted by molar-refractivity contribution is 5.28. The van der Waals surface area contributed by atoms with E-state index in [1.807, 2.05) is 6.92 Å². The maximum atomic E-state index is 10.8. The topological polar surface area (TPSA) is 23.5 Å². The van der Waals surface area contributed by atoms with Crippen LogP contribution in [0.1, 0.15) is 63.5 Å². The molecule has 1 N–H and O–H groups in total. The van der Waals surface area contributed by atoms with Gasteiger partial charge in [0.2, 0.25) is 0 Å². The summed E-state index contributed by atoms with van der Waals surface area (Å²) in [6, 6.07) is 8.48. The Kier molecular flexibility index (Phi) is 5.22. The van der Waals surface area contributed by atoms with Gasteiger partial charge in [-0.15, -0.1) is 0 Å². The first kappa shape index (κ1) is 15.5. The van der Waals surface area contributed by atoms with Crippen LogP contribution >= 0.6 is 0 Å². The predicted octanol–water partition coefficient (Wildman–Crippen LogP) is 3.89. The van der Waals surface area contributed by atoms with Crippen molar-refractivity contribution < 1.29 is 5.11 Å². The summed E-state index contributed by atoms with van der Waals surface area (Å²) >= 11 is 0. The van der Waals surface area contributed by atoms with Crippen molar-refractivity contribution >= 4 is 0 Å². The second-order valence-electron chi connectivity index (χ2n) is 6.74. The zero-order valence-corrected chi connectivity index (χ0v) is 13.2. The standard InChI is InChI=1S/C18H29NO/c1-15(2)16-8-10-17(11-9-16)18(3,20)14-19-12-6-4-5-7-13-19/h8-11,15,20H,4-7,12-14H2,1-3H3. The van der Waals surface area contributed by atoms with E-state index >= 15 is 0 Å². The van der Waals surface area contributed by atoms with E-state index in [-0.39, 0.29) is 0 Å². The highest BCUT2D eigenvalue weighted by atomic mass is 16.3. The fourth-order valence-electron chi connectivity index (χ4n) is 3.05. The highest BCUT2D eigenvalue weighted by Gasteiger charge is 2.26. The molecule has 0 aliphatic carbocycles. The summed E-state index contributed by atoms with van der Waals surface area (Å²) in [5.41, 5.74) is 1.62. The monoisotopic (exact) mass is 275 g/mol. The minimum Gasteiger partial charge on any atom is -0.384 e. The van der Waals surface area contributed by atoms with Gasteiger partial charge in [0.1, 0.15) is 0 Å². The van der Waals surface area contributed by atoms with Gasteiger partial charge in [-0.2, -0.15) is 0 Å². The Morgan fingerprint density at radius 2 is 1.60 bits per heavy atom. The van der Waals surface area contributed by atoms with E-state index in [0.717, 1.165) is 25.2 Å². The molecule has 2 rings (SSSR count). The number of likely N-dealkylation sites (tertiary alicyclic amines) is 1. The van der Waals surface area contributed by atoms with E-state index in [2.05, 4.69) is 43.0 Å². The largest absolute Gasteiger partial charge is 0.384 e. The van der Waals surface area contributed by atoms with Crippen LogP contribution in [0, 0.1) is 0 Å². The van der Waals surface area contributed by atoms with Crippen LogP contribution in [-0.4, -0.2) is 29.6 Å². The number of rotatable bonds is 4. The Labute approximate surface area is 123 Å². The van der Waals surface area contributed by atoms with Gasteiger partial charge in [0.05, 0.1) is 5.60 Å². The molecule has 1 fully saturated rings. The van der Waals surface area contributed by atoms with Gasteiger partial charge in [-0.25, -0.2) is 0 Å². The maximum Gasteiger partial charge on any atom is 0.0994 e. The first-order valence-electron chi connectivity index (χ1n) is 8.04. The third-order valence-electron chi connectivity index (χ3n) is 4.43. The van der Waals surface area contributed by atoms with E-state index in [1.54, 1.807) is 0 Å². The molecular weight excluding hydrogens is 246 g/mol. The summed E-state index contributed by atoms with van der Waals surface area (Å²) in [7, 11) is 0. The molecule has 1 aliphatic heterocycles. The van der Waals surface area contributed by atoms with Crippen LogP contribution < -0.4 is 0 Å². The van der Waals surface area contributed by atoms with Crippen LogP contribution in [0.4, 0.5) is 0 Å². The minimum atomic E-state index is -0.750. The minimum absolute atomic E-state index is 0.541. The third kappa shape index (κ3) is 4.07. The van der Waals surface area contributed by atoms with Gasteiger partial charge in [0.15, 0.2) is 0 Å². The second kappa shape index (κ2) is 6.73. The SMILES string of the molecule is CC(C)c1ccc(C(C)(O)CN2CCCCCC2)cc1. The van der Waals surface area contributed by atoms with Crippen molar-refractivity contribution in [1.82, 2.24) is 4.90 Å². The Morgan fingerprint density at radius 1 is 1.05 bits per heavy atom. The molecule has 1 heterocycles. The van der Waals surface area contributed by atoms with Crippen molar-refractivity contribution in [3.8, 4) is 0 Å². The number of benzene rings is 1. The molecule has 0 spiro atoms. The Balaban J connectivity index is 2.04. The van der Waals surface area contributed by atoms with Gasteiger partial charge < -0.3 is 10.0 Å². The zero-order valence-electron chi connectivity index (χ0n) is 13.2. The fourth-order valence-corrected chi connectivity index (χ4v) is 3.05. The van der Waals surface area contributed by atoms with Crippen molar-refractivity contribution in [3.05, 3.63) is 35.4 Å². The Morgan fingerprint density at radius 3 is 2.10 bits per heavy atom. The molecule has 2 nitrogen and oxygen atoms in total. The van der Waals surface area contributed by atoms with E-state index in [1.165, 1.54) is 31.2 Å². The summed E-state index contributed by atoms with van der Waals surface area (Å²) in [5, 5.41) is 10.8. The summed E-state index contributed by atoms with van der Waals surface area (Å²) in [5.74, 6) is 0.541. The van der Waals surface area contributed by atoms with Crippen molar-refractivity contribution in [2.75, 3.05) is 19.6 Å². The second-order valence-corrected chi connectivity index (χ2v) is 6.74. The molecule has 1 aromatic rings. The number of β-amino-alcohol motifs (C(OH)–C–C–N with tert-alkyl or cyclic N) is 1. The summed E-state index contributed by atoms with van der Waals surface area (Å²) < 4.78 is 0. The third-order valence-corrected chi connectivity index (χ3v) is 4.43. The zero-order chi connectivity index (χ0) is 14.6. The first-order chi connectivity index (χ1) is 9.49. The maximum absolute atomic E-state index is 10.8. The number of hydrogen-bond donors (Lipinski definition) is 1. The smallest absolute Gasteiger partial charge is 0.0994 e. The number of nitrogens with zero attached hydrogens (tertiary/aromatic N) is 1. The molecule has 0 amide bonds. The van der Waals surface area contributed by atoms with Crippen LogP contribution in [0.2, 0.25) is 0 Å². The molecule has 1 saturated heterocycles. The van der Waals surface area contributed by atoms with Crippen molar-refractivity contribution in [1.29, 1.82) is 0 Å². The molecule has 2 heteroatoms. The summed E-state index contributed by atoms with van der Waals surface area (Å²) in [6.45, 7) is 9.34. The van der Waals surface area contributed by atoms with E-state index in [9.17, 15) is 5.11 Å². The molecule has 0 saturated carbocycles. The van der Waals surface area contributed by atoms with Crippen molar-refractivity contribution in [2.45, 2.75) is 58.0 Å². The average molecular weight is 275 g/mol. The summed E-state index contributed by atoms with van der Waals surface area (Å²) in [6.07, 6.45) is 5.20. The normalized spacial score (nSPS) is 20.6. The fraction of sp³-hybridized carbons (Fsp3) is 0.667. The van der Waals surface area contributed by atoms with Crippen molar-refractivity contribution in [3.63, 3.8) is 0 Å². The molecule has 112 valence electrons. The lowest BCUT2D eigenvalue weighted by Gasteiger charge is -2.31. The van der Waals surface area contributed by atoms with Crippen LogP contribution in [0.25, 0.3) is 0 Å². The molecule has 1 unspecified atom stereocenters. The molecule has 1 aromatic carbocycles. The molecule has 0 bridgehead atoms. The van der Waals surface area contributed by atoms with E-state index < -0.39 is 5.60 Å². The summed E-state index contributed by atoms with van der Waals surface area (Å²) in [4.78, 5) is 2.42. The van der Waals surface area contributed by atoms with E-state index in [4.69, 9.17) is 0 Å². The Hall–Kier alpha value is -0.860. The molecule has 0 aromatic heterocycles. The lowest BCUT2D eigenvalue weighted by molar-refractivity contribution is 0.0168. The van der Waals surface area contributed by atoms with Crippen LogP contribution in [-0.2, 0) is 5.60 Å². The van der Waals surface area contributed by atoms with Gasteiger partial charge in [0.25, 0.3) is 0 Å². The molecular formula is C18H29NO. The van der Waals surface area contributed by atoms with E-state index in [0.29, 0.717) is 5.92 Å². The molecule has 1 aliphatic rings. The van der Waals surface area contributed by atoms with Crippen LogP contribution in [0.3, 0.4) is 0 Å². The van der Waals surface area contributed by atoms with Crippen LogP contribution in [0.15, 0.2) is 24.3 Å². The molecule has 20 heavy (non-hydrogen) atoms. The first-order valence-corrected chi connectivity index (χ1v) is 8.04. The van der Waals surface area contributed by atoms with Crippen molar-refractivity contribution in [2.24, 2.45) is 0 Å². The molecule has 0 radical (unpaired) electrons. The van der Waals surface area contributed by atoms with Gasteiger partial charge >= 0.3 is 0 Å². The number of hydrogen-bond acceptors (Lipinski definition) is 2. The lowest BCUT2D eigenvalue weighted by atomic mass is 9.92. The number of aliphatic hydroxyl groups is 1.